The largest absolute Gasteiger partial charge is 0.491 e. The predicted molar refractivity (Wildman–Crippen MR) is 113 cm³/mol. The summed E-state index contributed by atoms with van der Waals surface area (Å²) in [5.74, 6) is 0.151. The standard InChI is InChI=1S/C20H22N2O6S2/c1-13-17(8-7-14(23)11-27-15-5-3-2-4-6-15)22(20(26)28-13)9-10-29-19-21-16(12-30-19)18(24)25/h2-8,12-14,17,23H,9-11H2,1H3,(H,24,25)/t13-,14?,17-/m0/s1. The molecule has 1 aliphatic rings. The quantitative estimate of drug-likeness (QED) is 0.420. The first-order valence-electron chi connectivity index (χ1n) is 9.27. The third-order valence-electron chi connectivity index (χ3n) is 4.32. The van der Waals surface area contributed by atoms with Crippen molar-refractivity contribution in [1.29, 1.82) is 0 Å². The molecule has 2 N–H and O–H groups in total. The van der Waals surface area contributed by atoms with Gasteiger partial charge >= 0.3 is 12.1 Å². The van der Waals surface area contributed by atoms with Crippen molar-refractivity contribution < 1.29 is 29.3 Å². The molecule has 1 unspecified atom stereocenters. The van der Waals surface area contributed by atoms with E-state index in [9.17, 15) is 14.7 Å². The molecule has 160 valence electrons. The van der Waals surface area contributed by atoms with Gasteiger partial charge in [-0.2, -0.15) is 0 Å². The minimum atomic E-state index is -1.06. The van der Waals surface area contributed by atoms with Crippen molar-refractivity contribution in [3.8, 4) is 5.75 Å². The van der Waals surface area contributed by atoms with Crippen molar-refractivity contribution >= 4 is 35.2 Å². The van der Waals surface area contributed by atoms with E-state index in [2.05, 4.69) is 4.98 Å². The number of aromatic nitrogens is 1. The lowest BCUT2D eigenvalue weighted by Crippen LogP contribution is -2.36. The summed E-state index contributed by atoms with van der Waals surface area (Å²) in [7, 11) is 0. The molecular weight excluding hydrogens is 428 g/mol. The van der Waals surface area contributed by atoms with Crippen LogP contribution in [0.2, 0.25) is 0 Å². The van der Waals surface area contributed by atoms with Gasteiger partial charge in [-0.25, -0.2) is 14.6 Å². The van der Waals surface area contributed by atoms with Gasteiger partial charge < -0.3 is 19.7 Å². The van der Waals surface area contributed by atoms with Gasteiger partial charge in [0.1, 0.15) is 24.6 Å². The van der Waals surface area contributed by atoms with E-state index < -0.39 is 18.2 Å². The number of carbonyl (C=O) groups excluding carboxylic acids is 1. The molecule has 10 heteroatoms. The Bertz CT molecular complexity index is 888. The van der Waals surface area contributed by atoms with Crippen molar-refractivity contribution in [2.45, 2.75) is 29.5 Å². The summed E-state index contributed by atoms with van der Waals surface area (Å²) in [5, 5.41) is 20.6. The number of cyclic esters (lactones) is 1. The second kappa shape index (κ2) is 10.5. The molecular formula is C20H22N2O6S2. The third kappa shape index (κ3) is 5.97. The molecule has 0 radical (unpaired) electrons. The fourth-order valence-corrected chi connectivity index (χ4v) is 4.63. The third-order valence-corrected chi connectivity index (χ3v) is 6.32. The lowest BCUT2D eigenvalue weighted by atomic mass is 10.1. The Morgan fingerprint density at radius 2 is 2.20 bits per heavy atom. The van der Waals surface area contributed by atoms with E-state index in [1.165, 1.54) is 28.5 Å². The first kappa shape index (κ1) is 22.1. The normalized spacial score (nSPS) is 19.8. The molecule has 1 fully saturated rings. The van der Waals surface area contributed by atoms with Gasteiger partial charge in [0.2, 0.25) is 0 Å². The highest BCUT2D eigenvalue weighted by Crippen LogP contribution is 2.25. The number of hydrogen-bond donors (Lipinski definition) is 2. The maximum Gasteiger partial charge on any atom is 0.410 e. The molecule has 0 spiro atoms. The number of ether oxygens (including phenoxy) is 2. The van der Waals surface area contributed by atoms with Crippen LogP contribution >= 0.6 is 23.1 Å². The summed E-state index contributed by atoms with van der Waals surface area (Å²) in [6.07, 6.45) is 1.77. The first-order valence-corrected chi connectivity index (χ1v) is 11.1. The zero-order chi connectivity index (χ0) is 21.5. The molecule has 0 bridgehead atoms. The van der Waals surface area contributed by atoms with Crippen molar-refractivity contribution in [2.24, 2.45) is 0 Å². The van der Waals surface area contributed by atoms with E-state index in [-0.39, 0.29) is 24.4 Å². The fraction of sp³-hybridized carbons (Fsp3) is 0.350. The predicted octanol–water partition coefficient (Wildman–Crippen LogP) is 3.14. The van der Waals surface area contributed by atoms with Gasteiger partial charge in [-0.05, 0) is 19.1 Å². The van der Waals surface area contributed by atoms with Crippen LogP contribution in [0.1, 0.15) is 17.4 Å². The smallest absolute Gasteiger partial charge is 0.410 e. The van der Waals surface area contributed by atoms with Crippen molar-refractivity contribution in [2.75, 3.05) is 18.9 Å². The topological polar surface area (TPSA) is 109 Å². The highest BCUT2D eigenvalue weighted by atomic mass is 32.2. The Kier molecular flexibility index (Phi) is 7.72. The molecule has 8 nitrogen and oxygen atoms in total. The molecule has 2 heterocycles. The molecule has 3 atom stereocenters. The van der Waals surface area contributed by atoms with Crippen molar-refractivity contribution in [3.63, 3.8) is 0 Å². The van der Waals surface area contributed by atoms with Gasteiger partial charge in [0, 0.05) is 17.7 Å². The van der Waals surface area contributed by atoms with Crippen LogP contribution in [0, 0.1) is 0 Å². The van der Waals surface area contributed by atoms with Gasteiger partial charge in [0.25, 0.3) is 0 Å². The lowest BCUT2D eigenvalue weighted by molar-refractivity contribution is 0.0690. The summed E-state index contributed by atoms with van der Waals surface area (Å²) in [6.45, 7) is 2.30. The second-order valence-corrected chi connectivity index (χ2v) is 8.70. The summed E-state index contributed by atoms with van der Waals surface area (Å²) >= 11 is 2.64. The van der Waals surface area contributed by atoms with E-state index in [0.717, 1.165) is 0 Å². The number of aliphatic hydroxyl groups is 1. The molecule has 0 aliphatic carbocycles. The SMILES string of the molecule is C[C@@H]1OC(=O)N(CCSc2nc(C(=O)O)cs2)[C@H]1C=CC(O)COc1ccccc1. The summed E-state index contributed by atoms with van der Waals surface area (Å²) in [4.78, 5) is 28.7. The number of amides is 1. The number of carboxylic acid groups (broad SMARTS) is 1. The van der Waals surface area contributed by atoms with Crippen LogP contribution in [0.25, 0.3) is 0 Å². The van der Waals surface area contributed by atoms with E-state index in [1.807, 2.05) is 30.3 Å². The van der Waals surface area contributed by atoms with Gasteiger partial charge in [-0.3, -0.25) is 4.90 Å². The molecule has 1 aliphatic heterocycles. The molecule has 1 aromatic carbocycles. The van der Waals surface area contributed by atoms with Crippen LogP contribution in [-0.2, 0) is 4.74 Å². The van der Waals surface area contributed by atoms with Crippen LogP contribution in [-0.4, -0.2) is 69.3 Å². The average Bonchev–Trinajstić information content (AvgIpc) is 3.30. The van der Waals surface area contributed by atoms with Crippen LogP contribution < -0.4 is 4.74 Å². The second-order valence-electron chi connectivity index (χ2n) is 6.50. The number of rotatable bonds is 10. The van der Waals surface area contributed by atoms with E-state index in [1.54, 1.807) is 24.0 Å². The van der Waals surface area contributed by atoms with E-state index in [4.69, 9.17) is 14.6 Å². The molecule has 1 amide bonds. The number of nitrogens with zero attached hydrogens (tertiary/aromatic N) is 2. The van der Waals surface area contributed by atoms with Crippen LogP contribution in [0.5, 0.6) is 5.75 Å². The van der Waals surface area contributed by atoms with Crippen LogP contribution in [0.4, 0.5) is 4.79 Å². The van der Waals surface area contributed by atoms with Crippen LogP contribution in [0.3, 0.4) is 0 Å². The Morgan fingerprint density at radius 1 is 1.43 bits per heavy atom. The Balaban J connectivity index is 1.51. The van der Waals surface area contributed by atoms with Crippen molar-refractivity contribution in [3.05, 3.63) is 53.6 Å². The van der Waals surface area contributed by atoms with Crippen molar-refractivity contribution in [1.82, 2.24) is 9.88 Å². The molecule has 3 rings (SSSR count). The number of benzene rings is 1. The van der Waals surface area contributed by atoms with Gasteiger partial charge in [-0.1, -0.05) is 42.1 Å². The minimum Gasteiger partial charge on any atom is -0.491 e. The summed E-state index contributed by atoms with van der Waals surface area (Å²) in [5.41, 5.74) is 0.0178. The van der Waals surface area contributed by atoms with Gasteiger partial charge in [0.15, 0.2) is 10.0 Å². The molecule has 2 aromatic rings. The number of aromatic carboxylic acids is 1. The number of aliphatic hydroxyl groups excluding tert-OH is 1. The average molecular weight is 451 g/mol. The molecule has 1 saturated heterocycles. The highest BCUT2D eigenvalue weighted by Gasteiger charge is 2.37. The maximum absolute atomic E-state index is 12.2. The Morgan fingerprint density at radius 3 is 2.90 bits per heavy atom. The summed E-state index contributed by atoms with van der Waals surface area (Å²) < 4.78 is 11.5. The van der Waals surface area contributed by atoms with Crippen LogP contribution in [0.15, 0.2) is 52.2 Å². The zero-order valence-corrected chi connectivity index (χ0v) is 17.8. The monoisotopic (exact) mass is 450 g/mol. The van der Waals surface area contributed by atoms with E-state index >= 15 is 0 Å². The summed E-state index contributed by atoms with van der Waals surface area (Å²) in [6, 6.07) is 8.89. The zero-order valence-electron chi connectivity index (χ0n) is 16.2. The molecule has 0 saturated carbocycles. The maximum atomic E-state index is 12.2. The Labute approximate surface area is 182 Å². The molecule has 1 aromatic heterocycles. The van der Waals surface area contributed by atoms with E-state index in [0.29, 0.717) is 22.4 Å². The Hall–Kier alpha value is -2.56. The fourth-order valence-electron chi connectivity index (χ4n) is 2.82. The number of carbonyl (C=O) groups is 2. The van der Waals surface area contributed by atoms with Gasteiger partial charge in [0.05, 0.1) is 6.04 Å². The number of thioether (sulfide) groups is 1. The molecule has 30 heavy (non-hydrogen) atoms. The lowest BCUT2D eigenvalue weighted by Gasteiger charge is -2.20. The number of para-hydroxylation sites is 1. The minimum absolute atomic E-state index is 0.0178. The highest BCUT2D eigenvalue weighted by molar-refractivity contribution is 8.01. The number of hydrogen-bond acceptors (Lipinski definition) is 8. The first-order chi connectivity index (χ1) is 14.4. The number of thiazole rings is 1. The number of carboxylic acids is 1. The van der Waals surface area contributed by atoms with Gasteiger partial charge in [-0.15, -0.1) is 11.3 Å².